The zero-order chi connectivity index (χ0) is 29.9. The van der Waals surface area contributed by atoms with Crippen molar-refractivity contribution in [3.63, 3.8) is 0 Å². The molecule has 0 aliphatic carbocycles. The molecule has 8 N–H and O–H groups in total. The van der Waals surface area contributed by atoms with Crippen molar-refractivity contribution < 1.29 is 29.3 Å². The topological polar surface area (TPSA) is 196 Å². The number of piperidine rings is 1. The lowest BCUT2D eigenvalue weighted by Gasteiger charge is -2.32. The van der Waals surface area contributed by atoms with Crippen LogP contribution in [0.2, 0.25) is 0 Å². The highest BCUT2D eigenvalue weighted by atomic mass is 16.5. The van der Waals surface area contributed by atoms with E-state index in [-0.39, 0.29) is 11.7 Å². The second-order valence-corrected chi connectivity index (χ2v) is 9.39. The van der Waals surface area contributed by atoms with E-state index >= 15 is 0 Å². The summed E-state index contributed by atoms with van der Waals surface area (Å²) in [6.45, 7) is 6.97. The van der Waals surface area contributed by atoms with Gasteiger partial charge in [0, 0.05) is 31.5 Å². The monoisotopic (exact) mass is 557 g/mol. The lowest BCUT2D eigenvalue weighted by molar-refractivity contribution is -0.135. The highest BCUT2D eigenvalue weighted by molar-refractivity contribution is 5.95. The fourth-order valence-corrected chi connectivity index (χ4v) is 4.00. The number of carboxylic acids is 2. The van der Waals surface area contributed by atoms with Crippen molar-refractivity contribution in [2.24, 2.45) is 17.4 Å². The van der Waals surface area contributed by atoms with E-state index in [1.165, 1.54) is 19.3 Å². The van der Waals surface area contributed by atoms with Gasteiger partial charge in [-0.15, -0.1) is 0 Å². The number of hydrogen-bond acceptors (Lipinski definition) is 7. The van der Waals surface area contributed by atoms with Crippen molar-refractivity contribution in [2.75, 3.05) is 32.8 Å². The Bertz CT molecular complexity index is 958. The van der Waals surface area contributed by atoms with E-state index in [0.29, 0.717) is 6.61 Å². The van der Waals surface area contributed by atoms with Crippen LogP contribution in [0, 0.1) is 16.7 Å². The molecule has 0 radical (unpaired) electrons. The van der Waals surface area contributed by atoms with Crippen molar-refractivity contribution in [2.45, 2.75) is 46.0 Å². The maximum atomic E-state index is 9.00. The average Bonchev–Trinajstić information content (AvgIpc) is 2.90. The van der Waals surface area contributed by atoms with Gasteiger partial charge in [0.05, 0.1) is 13.2 Å². The first kappa shape index (κ1) is 33.9. The molecule has 0 unspecified atom stereocenters. The van der Waals surface area contributed by atoms with E-state index in [9.17, 15) is 0 Å². The number of carboxylic acid groups (broad SMARTS) is 2. The number of nitrogens with one attached hydrogen (secondary N) is 2. The molecular formula is C29H43N5O6. The lowest BCUT2D eigenvalue weighted by atomic mass is 9.92. The summed E-state index contributed by atoms with van der Waals surface area (Å²) in [6.07, 6.45) is 5.78. The van der Waals surface area contributed by atoms with Gasteiger partial charge in [0.1, 0.15) is 23.2 Å². The van der Waals surface area contributed by atoms with E-state index < -0.39 is 11.9 Å². The van der Waals surface area contributed by atoms with Gasteiger partial charge in [-0.1, -0.05) is 0 Å². The van der Waals surface area contributed by atoms with Gasteiger partial charge < -0.3 is 36.1 Å². The molecule has 3 rings (SSSR count). The van der Waals surface area contributed by atoms with Gasteiger partial charge >= 0.3 is 0 Å². The van der Waals surface area contributed by atoms with Gasteiger partial charge in [0.25, 0.3) is 11.9 Å². The number of nitrogen functional groups attached to an aromatic ring is 2. The summed E-state index contributed by atoms with van der Waals surface area (Å²) >= 11 is 0. The SMILES string of the molecule is CC(=O)O.CC(=O)O.N=C(N)c1ccc(OCCCC2CCN(CCCOc3ccc(C(=N)N)cc3)CC2)cc1. The van der Waals surface area contributed by atoms with E-state index in [4.69, 9.17) is 51.6 Å². The van der Waals surface area contributed by atoms with Gasteiger partial charge in [-0.2, -0.15) is 0 Å². The highest BCUT2D eigenvalue weighted by Crippen LogP contribution is 2.22. The third kappa shape index (κ3) is 16.0. The number of nitrogens with zero attached hydrogens (tertiary/aromatic N) is 1. The van der Waals surface area contributed by atoms with E-state index in [1.54, 1.807) is 0 Å². The molecule has 0 saturated carbocycles. The Morgan fingerprint density at radius 2 is 1.18 bits per heavy atom. The van der Waals surface area contributed by atoms with Crippen LogP contribution in [-0.4, -0.2) is 71.6 Å². The number of nitrogens with two attached hydrogens (primary N) is 2. The fourth-order valence-electron chi connectivity index (χ4n) is 4.00. The second-order valence-electron chi connectivity index (χ2n) is 9.39. The van der Waals surface area contributed by atoms with Crippen LogP contribution in [0.1, 0.15) is 57.1 Å². The smallest absolute Gasteiger partial charge is 0.300 e. The van der Waals surface area contributed by atoms with Crippen LogP contribution in [0.25, 0.3) is 0 Å². The molecule has 11 nitrogen and oxygen atoms in total. The third-order valence-electron chi connectivity index (χ3n) is 5.95. The predicted octanol–water partition coefficient (Wildman–Crippen LogP) is 3.78. The molecule has 0 aromatic heterocycles. The number of benzene rings is 2. The van der Waals surface area contributed by atoms with E-state index in [2.05, 4.69) is 4.90 Å². The zero-order valence-corrected chi connectivity index (χ0v) is 23.4. The van der Waals surface area contributed by atoms with Crippen LogP contribution in [-0.2, 0) is 9.59 Å². The summed E-state index contributed by atoms with van der Waals surface area (Å²) in [5.41, 5.74) is 12.4. The molecule has 0 bridgehead atoms. The van der Waals surface area contributed by atoms with Crippen molar-refractivity contribution in [3.05, 3.63) is 59.7 Å². The molecule has 0 amide bonds. The van der Waals surface area contributed by atoms with Gasteiger partial charge in [-0.05, 0) is 99.6 Å². The molecule has 1 fully saturated rings. The minimum Gasteiger partial charge on any atom is -0.494 e. The summed E-state index contributed by atoms with van der Waals surface area (Å²) < 4.78 is 11.6. The molecule has 11 heteroatoms. The minimum absolute atomic E-state index is 0.0768. The van der Waals surface area contributed by atoms with Crippen LogP contribution in [0.15, 0.2) is 48.5 Å². The summed E-state index contributed by atoms with van der Waals surface area (Å²) in [5.74, 6) is 0.933. The molecule has 1 aliphatic rings. The summed E-state index contributed by atoms with van der Waals surface area (Å²) in [4.78, 5) is 20.5. The maximum Gasteiger partial charge on any atom is 0.300 e. The van der Waals surface area contributed by atoms with E-state index in [0.717, 1.165) is 81.5 Å². The fraction of sp³-hybridized carbons (Fsp3) is 0.448. The molecule has 0 atom stereocenters. The van der Waals surface area contributed by atoms with Crippen molar-refractivity contribution in [1.29, 1.82) is 10.8 Å². The second kappa shape index (κ2) is 19.0. The molecule has 1 aliphatic heterocycles. The Morgan fingerprint density at radius 1 is 0.800 bits per heavy atom. The lowest BCUT2D eigenvalue weighted by Crippen LogP contribution is -2.35. The number of amidine groups is 2. The number of carbonyl (C=O) groups is 2. The van der Waals surface area contributed by atoms with Crippen LogP contribution in [0.5, 0.6) is 11.5 Å². The first-order chi connectivity index (χ1) is 19.0. The van der Waals surface area contributed by atoms with Crippen molar-refractivity contribution in [3.8, 4) is 11.5 Å². The highest BCUT2D eigenvalue weighted by Gasteiger charge is 2.18. The Hall–Kier alpha value is -4.12. The quantitative estimate of drug-likeness (QED) is 0.128. The third-order valence-corrected chi connectivity index (χ3v) is 5.95. The van der Waals surface area contributed by atoms with Gasteiger partial charge in [-0.25, -0.2) is 0 Å². The number of hydrogen-bond donors (Lipinski definition) is 6. The maximum absolute atomic E-state index is 9.00. The standard InChI is InChI=1S/C25H35N5O2.2C2H4O2/c26-24(27)20-4-8-22(9-5-20)31-17-1-3-19-12-15-30(16-13-19)14-2-18-32-23-10-6-21(7-11-23)25(28)29;2*1-2(3)4/h4-11,19H,1-3,12-18H2,(H3,26,27)(H3,28,29);2*1H3,(H,3,4). The Morgan fingerprint density at radius 3 is 1.55 bits per heavy atom. The normalized spacial score (nSPS) is 13.1. The molecule has 1 heterocycles. The van der Waals surface area contributed by atoms with Gasteiger partial charge in [0.2, 0.25) is 0 Å². The van der Waals surface area contributed by atoms with Gasteiger partial charge in [-0.3, -0.25) is 20.4 Å². The first-order valence-electron chi connectivity index (χ1n) is 13.2. The number of rotatable bonds is 12. The summed E-state index contributed by atoms with van der Waals surface area (Å²) in [5, 5.41) is 29.7. The molecule has 220 valence electrons. The molecule has 1 saturated heterocycles. The molecule has 0 spiro atoms. The molecular weight excluding hydrogens is 514 g/mol. The average molecular weight is 558 g/mol. The zero-order valence-electron chi connectivity index (χ0n) is 23.4. The number of ether oxygens (including phenoxy) is 2. The van der Waals surface area contributed by atoms with Crippen molar-refractivity contribution >= 4 is 23.6 Å². The number of likely N-dealkylation sites (tertiary alicyclic amines) is 1. The van der Waals surface area contributed by atoms with Crippen LogP contribution >= 0.6 is 0 Å². The largest absolute Gasteiger partial charge is 0.494 e. The van der Waals surface area contributed by atoms with Crippen LogP contribution < -0.4 is 20.9 Å². The molecule has 2 aromatic carbocycles. The minimum atomic E-state index is -0.833. The Kier molecular flexibility index (Phi) is 16.1. The first-order valence-corrected chi connectivity index (χ1v) is 13.2. The molecule has 40 heavy (non-hydrogen) atoms. The Labute approximate surface area is 236 Å². The summed E-state index contributed by atoms with van der Waals surface area (Å²) in [7, 11) is 0. The van der Waals surface area contributed by atoms with Crippen LogP contribution in [0.4, 0.5) is 0 Å². The Balaban J connectivity index is 0.000000883. The summed E-state index contributed by atoms with van der Waals surface area (Å²) in [6, 6.07) is 14.8. The number of aliphatic carboxylic acids is 2. The van der Waals surface area contributed by atoms with Crippen LogP contribution in [0.3, 0.4) is 0 Å². The van der Waals surface area contributed by atoms with E-state index in [1.807, 2.05) is 48.5 Å². The molecule has 2 aromatic rings. The predicted molar refractivity (Wildman–Crippen MR) is 156 cm³/mol. The van der Waals surface area contributed by atoms with Gasteiger partial charge in [0.15, 0.2) is 0 Å². The van der Waals surface area contributed by atoms with Crippen molar-refractivity contribution in [1.82, 2.24) is 4.90 Å².